The number of carbonyl (C=O) groups excluding carboxylic acids is 1. The molecule has 5 rings (SSSR count). The molecule has 1 fully saturated rings. The van der Waals surface area contributed by atoms with Gasteiger partial charge in [-0.2, -0.15) is 5.10 Å². The highest BCUT2D eigenvalue weighted by Gasteiger charge is 2.28. The van der Waals surface area contributed by atoms with Crippen molar-refractivity contribution >= 4 is 22.8 Å². The number of rotatable bonds is 7. The molecule has 9 heteroatoms. The SMILES string of the molecule is COCCC(=O)N1CCCC(n2nc(-c3ccc(Oc4ccccc4)cc3)c3c(N)ncnc32)C1. The molecule has 0 radical (unpaired) electrons. The van der Waals surface area contributed by atoms with Crippen molar-refractivity contribution in [2.75, 3.05) is 32.5 Å². The third-order valence-corrected chi connectivity index (χ3v) is 6.24. The van der Waals surface area contributed by atoms with Gasteiger partial charge in [-0.3, -0.25) is 4.79 Å². The third kappa shape index (κ3) is 4.81. The molecule has 35 heavy (non-hydrogen) atoms. The number of nitrogens with zero attached hydrogens (tertiary/aromatic N) is 5. The van der Waals surface area contributed by atoms with Gasteiger partial charge in [0, 0.05) is 25.8 Å². The van der Waals surface area contributed by atoms with Crippen LogP contribution in [0.1, 0.15) is 25.3 Å². The molecular formula is C26H28N6O3. The van der Waals surface area contributed by atoms with Gasteiger partial charge in [0.15, 0.2) is 5.65 Å². The number of fused-ring (bicyclic) bond motifs is 1. The van der Waals surface area contributed by atoms with Crippen molar-refractivity contribution in [3.8, 4) is 22.8 Å². The minimum atomic E-state index is 0.00137. The Labute approximate surface area is 203 Å². The number of hydrogen-bond acceptors (Lipinski definition) is 7. The Balaban J connectivity index is 1.45. The molecule has 3 heterocycles. The maximum absolute atomic E-state index is 12.6. The Hall–Kier alpha value is -3.98. The second-order valence-electron chi connectivity index (χ2n) is 8.57. The first-order chi connectivity index (χ1) is 17.1. The van der Waals surface area contributed by atoms with Crippen LogP contribution >= 0.6 is 0 Å². The summed E-state index contributed by atoms with van der Waals surface area (Å²) in [5, 5.41) is 5.66. The van der Waals surface area contributed by atoms with Gasteiger partial charge in [0.25, 0.3) is 0 Å². The number of methoxy groups -OCH3 is 1. The van der Waals surface area contributed by atoms with E-state index in [2.05, 4.69) is 9.97 Å². The number of aromatic nitrogens is 4. The molecule has 0 spiro atoms. The molecule has 0 bridgehead atoms. The minimum Gasteiger partial charge on any atom is -0.457 e. The molecule has 2 aromatic carbocycles. The lowest BCUT2D eigenvalue weighted by molar-refractivity contribution is -0.133. The number of anilines is 1. The number of piperidine rings is 1. The van der Waals surface area contributed by atoms with Crippen LogP contribution < -0.4 is 10.5 Å². The van der Waals surface area contributed by atoms with Crippen LogP contribution in [0.4, 0.5) is 5.82 Å². The van der Waals surface area contributed by atoms with Crippen molar-refractivity contribution in [1.29, 1.82) is 0 Å². The van der Waals surface area contributed by atoms with Gasteiger partial charge in [0.1, 0.15) is 29.3 Å². The second kappa shape index (κ2) is 10.1. The number of benzene rings is 2. The summed E-state index contributed by atoms with van der Waals surface area (Å²) < 4.78 is 12.9. The zero-order valence-electron chi connectivity index (χ0n) is 19.6. The highest BCUT2D eigenvalue weighted by molar-refractivity contribution is 5.98. The Morgan fingerprint density at radius 3 is 2.63 bits per heavy atom. The van der Waals surface area contributed by atoms with E-state index in [4.69, 9.17) is 20.3 Å². The topological polar surface area (TPSA) is 108 Å². The average molecular weight is 473 g/mol. The molecule has 9 nitrogen and oxygen atoms in total. The Kier molecular flexibility index (Phi) is 6.58. The third-order valence-electron chi connectivity index (χ3n) is 6.24. The van der Waals surface area contributed by atoms with E-state index in [0.29, 0.717) is 42.1 Å². The highest BCUT2D eigenvalue weighted by atomic mass is 16.5. The van der Waals surface area contributed by atoms with E-state index >= 15 is 0 Å². The van der Waals surface area contributed by atoms with E-state index < -0.39 is 0 Å². The first kappa shape index (κ1) is 22.8. The van der Waals surface area contributed by atoms with Crippen LogP contribution in [0, 0.1) is 0 Å². The molecule has 4 aromatic rings. The largest absolute Gasteiger partial charge is 0.457 e. The van der Waals surface area contributed by atoms with Crippen molar-refractivity contribution in [2.45, 2.75) is 25.3 Å². The van der Waals surface area contributed by atoms with Crippen LogP contribution in [0.25, 0.3) is 22.3 Å². The van der Waals surface area contributed by atoms with Crippen LogP contribution in [0.2, 0.25) is 0 Å². The van der Waals surface area contributed by atoms with E-state index in [1.165, 1.54) is 6.33 Å². The molecule has 0 aliphatic carbocycles. The molecule has 1 aliphatic heterocycles. The fourth-order valence-corrected chi connectivity index (χ4v) is 4.49. The fraction of sp³-hybridized carbons (Fsp3) is 0.308. The van der Waals surface area contributed by atoms with Crippen LogP contribution in [0.15, 0.2) is 60.9 Å². The predicted molar refractivity (Wildman–Crippen MR) is 133 cm³/mol. The fourth-order valence-electron chi connectivity index (χ4n) is 4.49. The van der Waals surface area contributed by atoms with Gasteiger partial charge in [0.05, 0.1) is 24.5 Å². The highest BCUT2D eigenvalue weighted by Crippen LogP contribution is 2.34. The predicted octanol–water partition coefficient (Wildman–Crippen LogP) is 4.07. The molecule has 2 aromatic heterocycles. The van der Waals surface area contributed by atoms with Gasteiger partial charge in [0.2, 0.25) is 5.91 Å². The number of amides is 1. The van der Waals surface area contributed by atoms with E-state index in [1.807, 2.05) is 64.2 Å². The summed E-state index contributed by atoms with van der Waals surface area (Å²) >= 11 is 0. The van der Waals surface area contributed by atoms with Crippen LogP contribution in [-0.4, -0.2) is 57.4 Å². The van der Waals surface area contributed by atoms with E-state index in [9.17, 15) is 4.79 Å². The van der Waals surface area contributed by atoms with E-state index in [0.717, 1.165) is 36.4 Å². The molecular weight excluding hydrogens is 444 g/mol. The maximum Gasteiger partial charge on any atom is 0.224 e. The molecule has 1 saturated heterocycles. The Morgan fingerprint density at radius 2 is 1.86 bits per heavy atom. The van der Waals surface area contributed by atoms with Crippen molar-refractivity contribution in [3.63, 3.8) is 0 Å². The first-order valence-electron chi connectivity index (χ1n) is 11.7. The van der Waals surface area contributed by atoms with Crippen molar-refractivity contribution in [1.82, 2.24) is 24.6 Å². The number of likely N-dealkylation sites (tertiary alicyclic amines) is 1. The van der Waals surface area contributed by atoms with Gasteiger partial charge in [-0.05, 0) is 49.2 Å². The van der Waals surface area contributed by atoms with Crippen LogP contribution in [0.3, 0.4) is 0 Å². The summed E-state index contributed by atoms with van der Waals surface area (Å²) in [5.74, 6) is 1.97. The molecule has 1 unspecified atom stereocenters. The zero-order chi connectivity index (χ0) is 24.2. The standard InChI is InChI=1S/C26H28N6O3/c1-34-15-13-22(33)31-14-5-6-19(16-31)32-26-23(25(27)28-17-29-26)24(30-32)18-9-11-21(12-10-18)35-20-7-3-2-4-8-20/h2-4,7-12,17,19H,5-6,13-16H2,1H3,(H2,27,28,29). The molecule has 0 saturated carbocycles. The van der Waals surface area contributed by atoms with Crippen molar-refractivity contribution < 1.29 is 14.3 Å². The van der Waals surface area contributed by atoms with Gasteiger partial charge in [-0.25, -0.2) is 14.6 Å². The summed E-state index contributed by atoms with van der Waals surface area (Å²) in [6.07, 6.45) is 3.63. The lowest BCUT2D eigenvalue weighted by atomic mass is 10.1. The van der Waals surface area contributed by atoms with Gasteiger partial charge in [-0.15, -0.1) is 0 Å². The van der Waals surface area contributed by atoms with Gasteiger partial charge >= 0.3 is 0 Å². The molecule has 180 valence electrons. The maximum atomic E-state index is 12.6. The summed E-state index contributed by atoms with van der Waals surface area (Å²) in [4.78, 5) is 23.2. The molecule has 2 N–H and O–H groups in total. The summed E-state index contributed by atoms with van der Waals surface area (Å²) in [5.41, 5.74) is 8.57. The average Bonchev–Trinajstić information content (AvgIpc) is 3.29. The number of ether oxygens (including phenoxy) is 2. The smallest absolute Gasteiger partial charge is 0.224 e. The Morgan fingerprint density at radius 1 is 1.09 bits per heavy atom. The molecule has 1 aliphatic rings. The van der Waals surface area contributed by atoms with E-state index in [1.54, 1.807) is 7.11 Å². The summed E-state index contributed by atoms with van der Waals surface area (Å²) in [6, 6.07) is 17.4. The van der Waals surface area contributed by atoms with Crippen molar-refractivity contribution in [2.24, 2.45) is 0 Å². The number of nitrogens with two attached hydrogens (primary N) is 1. The second-order valence-corrected chi connectivity index (χ2v) is 8.57. The number of para-hydroxylation sites is 1. The Bertz CT molecular complexity index is 1310. The summed E-state index contributed by atoms with van der Waals surface area (Å²) in [7, 11) is 1.61. The number of hydrogen-bond donors (Lipinski definition) is 1. The monoisotopic (exact) mass is 472 g/mol. The molecule has 1 amide bonds. The normalized spacial score (nSPS) is 15.9. The van der Waals surface area contributed by atoms with Gasteiger partial charge < -0.3 is 20.1 Å². The minimum absolute atomic E-state index is 0.00137. The lowest BCUT2D eigenvalue weighted by Crippen LogP contribution is -2.41. The van der Waals surface area contributed by atoms with Crippen LogP contribution in [-0.2, 0) is 9.53 Å². The molecule has 1 atom stereocenters. The van der Waals surface area contributed by atoms with Crippen molar-refractivity contribution in [3.05, 3.63) is 60.9 Å². The number of nitrogen functional groups attached to an aromatic ring is 1. The van der Waals surface area contributed by atoms with Gasteiger partial charge in [-0.1, -0.05) is 18.2 Å². The van der Waals surface area contributed by atoms with E-state index in [-0.39, 0.29) is 11.9 Å². The lowest BCUT2D eigenvalue weighted by Gasteiger charge is -2.33. The summed E-state index contributed by atoms with van der Waals surface area (Å²) in [6.45, 7) is 1.74. The van der Waals surface area contributed by atoms with Crippen LogP contribution in [0.5, 0.6) is 11.5 Å². The zero-order valence-corrected chi connectivity index (χ0v) is 19.6. The quantitative estimate of drug-likeness (QED) is 0.432. The first-order valence-corrected chi connectivity index (χ1v) is 11.7. The number of carbonyl (C=O) groups is 1.